The van der Waals surface area contributed by atoms with E-state index in [4.69, 9.17) is 0 Å². The van der Waals surface area contributed by atoms with Crippen LogP contribution in [0.5, 0.6) is 0 Å². The van der Waals surface area contributed by atoms with E-state index in [0.29, 0.717) is 12.0 Å². The third kappa shape index (κ3) is 4.47. The Morgan fingerprint density at radius 2 is 2.00 bits per heavy atom. The quantitative estimate of drug-likeness (QED) is 0.547. The average molecular weight is 183 g/mol. The monoisotopic (exact) mass is 183 g/mol. The maximum absolute atomic E-state index is 3.87. The molecule has 0 fully saturated rings. The minimum atomic E-state index is 0.604. The molecule has 1 nitrogen and oxygen atoms in total. The molecule has 0 aromatic carbocycles. The summed E-state index contributed by atoms with van der Waals surface area (Å²) in [6, 6.07) is 0.670. The molecule has 0 bridgehead atoms. The van der Waals surface area contributed by atoms with Gasteiger partial charge >= 0.3 is 0 Å². The molecule has 78 valence electrons. The molecule has 0 saturated carbocycles. The molecule has 0 rings (SSSR count). The van der Waals surface area contributed by atoms with Crippen LogP contribution in [0, 0.1) is 5.92 Å². The van der Waals surface area contributed by atoms with E-state index >= 15 is 0 Å². The fourth-order valence-corrected chi connectivity index (χ4v) is 1.82. The van der Waals surface area contributed by atoms with Crippen molar-refractivity contribution in [2.75, 3.05) is 13.6 Å². The molecule has 0 radical (unpaired) electrons. The van der Waals surface area contributed by atoms with Gasteiger partial charge in [-0.25, -0.2) is 0 Å². The maximum atomic E-state index is 3.87. The van der Waals surface area contributed by atoms with Crippen molar-refractivity contribution in [1.82, 2.24) is 4.90 Å². The zero-order valence-corrected chi connectivity index (χ0v) is 9.71. The highest BCUT2D eigenvalue weighted by Crippen LogP contribution is 2.14. The normalized spacial score (nSPS) is 15.8. The highest BCUT2D eigenvalue weighted by Gasteiger charge is 2.16. The molecular formula is C12H25N. The summed E-state index contributed by atoms with van der Waals surface area (Å²) < 4.78 is 0. The van der Waals surface area contributed by atoms with Gasteiger partial charge in [0.1, 0.15) is 0 Å². The lowest BCUT2D eigenvalue weighted by molar-refractivity contribution is 0.196. The van der Waals surface area contributed by atoms with Gasteiger partial charge in [-0.1, -0.05) is 33.3 Å². The standard InChI is InChI=1S/C12H25N/c1-6-9-10-13(5)12(8-3)11(4)7-2/h7,11-12H,2,6,8-10H2,1,3-5H3. The van der Waals surface area contributed by atoms with Crippen molar-refractivity contribution in [3.8, 4) is 0 Å². The van der Waals surface area contributed by atoms with Crippen LogP contribution in [0.4, 0.5) is 0 Å². The maximum Gasteiger partial charge on any atom is 0.0150 e. The zero-order valence-electron chi connectivity index (χ0n) is 9.71. The van der Waals surface area contributed by atoms with Crippen molar-refractivity contribution >= 4 is 0 Å². The second-order valence-electron chi connectivity index (χ2n) is 3.90. The fraction of sp³-hybridized carbons (Fsp3) is 0.833. The van der Waals surface area contributed by atoms with Gasteiger partial charge in [-0.2, -0.15) is 0 Å². The van der Waals surface area contributed by atoms with Crippen molar-refractivity contribution in [2.45, 2.75) is 46.1 Å². The number of rotatable bonds is 7. The van der Waals surface area contributed by atoms with E-state index < -0.39 is 0 Å². The molecule has 0 spiro atoms. The molecule has 0 aliphatic rings. The molecule has 2 atom stereocenters. The Bertz CT molecular complexity index is 131. The predicted molar refractivity (Wildman–Crippen MR) is 61.0 cm³/mol. The van der Waals surface area contributed by atoms with Crippen LogP contribution in [0.1, 0.15) is 40.0 Å². The summed E-state index contributed by atoms with van der Waals surface area (Å²) in [6.07, 6.45) is 5.87. The first-order valence-electron chi connectivity index (χ1n) is 5.50. The van der Waals surface area contributed by atoms with Crippen LogP contribution in [0.2, 0.25) is 0 Å². The molecule has 0 aromatic rings. The van der Waals surface area contributed by atoms with Crippen molar-refractivity contribution in [3.05, 3.63) is 12.7 Å². The van der Waals surface area contributed by atoms with Crippen LogP contribution in [0.3, 0.4) is 0 Å². The Balaban J connectivity index is 3.97. The molecule has 13 heavy (non-hydrogen) atoms. The Labute approximate surface area is 83.8 Å². The lowest BCUT2D eigenvalue weighted by Gasteiger charge is -2.30. The van der Waals surface area contributed by atoms with Gasteiger partial charge in [0.25, 0.3) is 0 Å². The lowest BCUT2D eigenvalue weighted by Crippen LogP contribution is -2.36. The second-order valence-corrected chi connectivity index (χ2v) is 3.90. The van der Waals surface area contributed by atoms with E-state index in [0.717, 1.165) is 0 Å². The highest BCUT2D eigenvalue weighted by molar-refractivity contribution is 4.85. The van der Waals surface area contributed by atoms with Crippen LogP contribution >= 0.6 is 0 Å². The summed E-state index contributed by atoms with van der Waals surface area (Å²) in [5.74, 6) is 0.604. The van der Waals surface area contributed by atoms with Gasteiger partial charge in [0.05, 0.1) is 0 Å². The van der Waals surface area contributed by atoms with Gasteiger partial charge in [-0.05, 0) is 32.4 Å². The van der Waals surface area contributed by atoms with Crippen LogP contribution in [-0.4, -0.2) is 24.5 Å². The highest BCUT2D eigenvalue weighted by atomic mass is 15.1. The van der Waals surface area contributed by atoms with Crippen LogP contribution in [0.15, 0.2) is 12.7 Å². The van der Waals surface area contributed by atoms with E-state index in [1.54, 1.807) is 0 Å². The molecule has 0 aliphatic heterocycles. The van der Waals surface area contributed by atoms with E-state index in [1.165, 1.54) is 25.8 Å². The topological polar surface area (TPSA) is 3.24 Å². The summed E-state index contributed by atoms with van der Waals surface area (Å²) in [7, 11) is 2.23. The zero-order chi connectivity index (χ0) is 10.3. The lowest BCUT2D eigenvalue weighted by atomic mass is 9.98. The van der Waals surface area contributed by atoms with Crippen molar-refractivity contribution in [2.24, 2.45) is 5.92 Å². The Hall–Kier alpha value is -0.300. The Morgan fingerprint density at radius 3 is 2.38 bits per heavy atom. The molecule has 1 heteroatoms. The minimum Gasteiger partial charge on any atom is -0.303 e. The molecular weight excluding hydrogens is 158 g/mol. The van der Waals surface area contributed by atoms with Gasteiger partial charge in [-0.3, -0.25) is 0 Å². The fourth-order valence-electron chi connectivity index (χ4n) is 1.82. The van der Waals surface area contributed by atoms with Gasteiger partial charge in [0, 0.05) is 6.04 Å². The molecule has 0 aliphatic carbocycles. The first-order valence-corrected chi connectivity index (χ1v) is 5.50. The van der Waals surface area contributed by atoms with E-state index in [9.17, 15) is 0 Å². The van der Waals surface area contributed by atoms with E-state index in [1.807, 2.05) is 0 Å². The van der Waals surface area contributed by atoms with Gasteiger partial charge in [0.15, 0.2) is 0 Å². The number of unbranched alkanes of at least 4 members (excludes halogenated alkanes) is 1. The first-order chi connectivity index (χ1) is 6.17. The number of hydrogen-bond acceptors (Lipinski definition) is 1. The summed E-state index contributed by atoms with van der Waals surface area (Å²) in [5, 5.41) is 0. The molecule has 0 saturated heterocycles. The van der Waals surface area contributed by atoms with Gasteiger partial charge in [-0.15, -0.1) is 6.58 Å². The van der Waals surface area contributed by atoms with Gasteiger partial charge < -0.3 is 4.90 Å². The smallest absolute Gasteiger partial charge is 0.0150 e. The Kier molecular flexibility index (Phi) is 6.97. The average Bonchev–Trinajstić information content (AvgIpc) is 2.15. The van der Waals surface area contributed by atoms with E-state index in [-0.39, 0.29) is 0 Å². The second kappa shape index (κ2) is 7.14. The number of nitrogens with zero attached hydrogens (tertiary/aromatic N) is 1. The summed E-state index contributed by atoms with van der Waals surface area (Å²) in [6.45, 7) is 11.8. The summed E-state index contributed by atoms with van der Waals surface area (Å²) >= 11 is 0. The summed E-state index contributed by atoms with van der Waals surface area (Å²) in [4.78, 5) is 2.47. The SMILES string of the molecule is C=CC(C)C(CC)N(C)CCCC. The van der Waals surface area contributed by atoms with Crippen LogP contribution in [0.25, 0.3) is 0 Å². The van der Waals surface area contributed by atoms with Crippen molar-refractivity contribution in [1.29, 1.82) is 0 Å². The van der Waals surface area contributed by atoms with Crippen molar-refractivity contribution < 1.29 is 0 Å². The molecule has 0 aromatic heterocycles. The molecule has 0 heterocycles. The number of hydrogen-bond donors (Lipinski definition) is 0. The summed E-state index contributed by atoms with van der Waals surface area (Å²) in [5.41, 5.74) is 0. The Morgan fingerprint density at radius 1 is 1.38 bits per heavy atom. The van der Waals surface area contributed by atoms with Crippen LogP contribution < -0.4 is 0 Å². The largest absolute Gasteiger partial charge is 0.303 e. The van der Waals surface area contributed by atoms with Crippen LogP contribution in [-0.2, 0) is 0 Å². The molecule has 0 amide bonds. The van der Waals surface area contributed by atoms with Crippen molar-refractivity contribution in [3.63, 3.8) is 0 Å². The molecule has 0 N–H and O–H groups in total. The third-order valence-corrected chi connectivity index (χ3v) is 2.83. The predicted octanol–water partition coefficient (Wildman–Crippen LogP) is 3.32. The third-order valence-electron chi connectivity index (χ3n) is 2.83. The first kappa shape index (κ1) is 12.7. The molecule has 2 unspecified atom stereocenters. The van der Waals surface area contributed by atoms with Gasteiger partial charge in [0.2, 0.25) is 0 Å². The minimum absolute atomic E-state index is 0.604. The van der Waals surface area contributed by atoms with E-state index in [2.05, 4.69) is 45.4 Å².